The first-order chi connectivity index (χ1) is 13.7. The summed E-state index contributed by atoms with van der Waals surface area (Å²) in [6.07, 6.45) is 7.11. The molecule has 0 fully saturated rings. The molecule has 4 aromatic rings. The van der Waals surface area contributed by atoms with Crippen molar-refractivity contribution in [1.82, 2.24) is 9.78 Å². The van der Waals surface area contributed by atoms with Gasteiger partial charge >= 0.3 is 0 Å². The summed E-state index contributed by atoms with van der Waals surface area (Å²) in [6, 6.07) is 21.6. The molecule has 0 spiro atoms. The van der Waals surface area contributed by atoms with Crippen LogP contribution in [0.15, 0.2) is 85.2 Å². The minimum atomic E-state index is -0.0183. The molecule has 4 rings (SSSR count). The van der Waals surface area contributed by atoms with Crippen molar-refractivity contribution in [2.75, 3.05) is 7.11 Å². The number of nitrogens with zero attached hydrogens (tertiary/aromatic N) is 2. The Balaban J connectivity index is 1.56. The van der Waals surface area contributed by atoms with E-state index in [-0.39, 0.29) is 5.78 Å². The lowest BCUT2D eigenvalue weighted by Gasteiger charge is -2.09. The highest BCUT2D eigenvalue weighted by atomic mass is 16.5. The van der Waals surface area contributed by atoms with Gasteiger partial charge in [-0.2, -0.15) is 5.10 Å². The fraction of sp³-hybridized carbons (Fsp3) is 0.0833. The Hall–Kier alpha value is -3.66. The number of carbonyl (C=O) groups is 1. The van der Waals surface area contributed by atoms with Crippen LogP contribution in [0.1, 0.15) is 21.5 Å². The van der Waals surface area contributed by atoms with Crippen molar-refractivity contribution in [2.24, 2.45) is 0 Å². The van der Waals surface area contributed by atoms with Gasteiger partial charge in [0.1, 0.15) is 5.75 Å². The Bertz CT molecular complexity index is 1140. The number of ether oxygens (including phenoxy) is 1. The Kier molecular flexibility index (Phi) is 5.02. The number of hydrogen-bond donors (Lipinski definition) is 0. The number of benzene rings is 3. The first-order valence-electron chi connectivity index (χ1n) is 9.08. The van der Waals surface area contributed by atoms with Crippen LogP contribution in [0.5, 0.6) is 5.75 Å². The van der Waals surface area contributed by atoms with Crippen molar-refractivity contribution in [3.8, 4) is 5.75 Å². The highest BCUT2D eigenvalue weighted by molar-refractivity contribution is 6.08. The number of ketones is 1. The molecule has 0 saturated heterocycles. The molecule has 0 unspecified atom stereocenters. The van der Waals surface area contributed by atoms with E-state index in [0.717, 1.165) is 27.6 Å². The normalized spacial score (nSPS) is 11.2. The van der Waals surface area contributed by atoms with Crippen LogP contribution in [0, 0.1) is 0 Å². The van der Waals surface area contributed by atoms with E-state index < -0.39 is 0 Å². The minimum Gasteiger partial charge on any atom is -0.496 e. The van der Waals surface area contributed by atoms with E-state index >= 15 is 0 Å². The lowest BCUT2D eigenvalue weighted by Crippen LogP contribution is -2.02. The molecule has 0 bridgehead atoms. The lowest BCUT2D eigenvalue weighted by molar-refractivity contribution is 0.104. The van der Waals surface area contributed by atoms with Crippen LogP contribution < -0.4 is 4.74 Å². The number of allylic oxidation sites excluding steroid dienone is 1. The van der Waals surface area contributed by atoms with Crippen molar-refractivity contribution < 1.29 is 9.53 Å². The van der Waals surface area contributed by atoms with E-state index in [2.05, 4.69) is 5.10 Å². The maximum absolute atomic E-state index is 12.6. The number of methoxy groups -OCH3 is 1. The van der Waals surface area contributed by atoms with Crippen molar-refractivity contribution in [3.63, 3.8) is 0 Å². The van der Waals surface area contributed by atoms with E-state index in [4.69, 9.17) is 4.74 Å². The molecule has 4 nitrogen and oxygen atoms in total. The number of fused-ring (bicyclic) bond motifs is 1. The van der Waals surface area contributed by atoms with Crippen molar-refractivity contribution in [3.05, 3.63) is 102 Å². The molecule has 0 amide bonds. The topological polar surface area (TPSA) is 44.1 Å². The predicted molar refractivity (Wildman–Crippen MR) is 112 cm³/mol. The summed E-state index contributed by atoms with van der Waals surface area (Å²) < 4.78 is 7.29. The van der Waals surface area contributed by atoms with Crippen LogP contribution in [-0.4, -0.2) is 22.7 Å². The molecule has 28 heavy (non-hydrogen) atoms. The number of aromatic nitrogens is 2. The zero-order valence-electron chi connectivity index (χ0n) is 15.6. The molecule has 1 aromatic heterocycles. The van der Waals surface area contributed by atoms with Crippen molar-refractivity contribution >= 4 is 22.6 Å². The zero-order valence-corrected chi connectivity index (χ0v) is 15.6. The first kappa shape index (κ1) is 17.7. The first-order valence-corrected chi connectivity index (χ1v) is 9.08. The van der Waals surface area contributed by atoms with Crippen LogP contribution in [-0.2, 0) is 6.54 Å². The second-order valence-corrected chi connectivity index (χ2v) is 6.53. The third-order valence-corrected chi connectivity index (χ3v) is 4.66. The van der Waals surface area contributed by atoms with Crippen molar-refractivity contribution in [2.45, 2.75) is 6.54 Å². The molecule has 138 valence electrons. The molecule has 3 aromatic carbocycles. The molecule has 0 aliphatic carbocycles. The summed E-state index contributed by atoms with van der Waals surface area (Å²) in [5.74, 6) is 0.781. The van der Waals surface area contributed by atoms with E-state index in [9.17, 15) is 4.79 Å². The van der Waals surface area contributed by atoms with Gasteiger partial charge in [0, 0.05) is 23.5 Å². The van der Waals surface area contributed by atoms with Gasteiger partial charge in [0.25, 0.3) is 0 Å². The molecule has 4 heteroatoms. The molecular formula is C24H20N2O2. The molecule has 0 saturated carbocycles. The van der Waals surface area contributed by atoms with E-state index in [1.165, 1.54) is 0 Å². The molecule has 0 aliphatic heterocycles. The van der Waals surface area contributed by atoms with Crippen LogP contribution in [0.25, 0.3) is 16.8 Å². The maximum Gasteiger partial charge on any atom is 0.185 e. The highest BCUT2D eigenvalue weighted by Gasteiger charge is 2.06. The van der Waals surface area contributed by atoms with Gasteiger partial charge in [-0.15, -0.1) is 0 Å². The van der Waals surface area contributed by atoms with Gasteiger partial charge in [0.05, 0.1) is 13.7 Å². The van der Waals surface area contributed by atoms with E-state index in [1.54, 1.807) is 19.4 Å². The summed E-state index contributed by atoms with van der Waals surface area (Å²) in [7, 11) is 1.65. The van der Waals surface area contributed by atoms with Crippen LogP contribution in [0.3, 0.4) is 0 Å². The highest BCUT2D eigenvalue weighted by Crippen LogP contribution is 2.22. The lowest BCUT2D eigenvalue weighted by atomic mass is 10.0. The predicted octanol–water partition coefficient (Wildman–Crippen LogP) is 4.99. The van der Waals surface area contributed by atoms with E-state index in [1.807, 2.05) is 83.7 Å². The summed E-state index contributed by atoms with van der Waals surface area (Å²) in [6.45, 7) is 0.608. The van der Waals surface area contributed by atoms with Gasteiger partial charge in [0.15, 0.2) is 5.78 Å². The Morgan fingerprint density at radius 1 is 1.04 bits per heavy atom. The Morgan fingerprint density at radius 2 is 1.89 bits per heavy atom. The van der Waals surface area contributed by atoms with Gasteiger partial charge in [-0.3, -0.25) is 9.48 Å². The monoisotopic (exact) mass is 368 g/mol. The molecule has 0 atom stereocenters. The van der Waals surface area contributed by atoms with E-state index in [0.29, 0.717) is 12.1 Å². The molecule has 0 N–H and O–H groups in total. The van der Waals surface area contributed by atoms with Crippen molar-refractivity contribution in [1.29, 1.82) is 0 Å². The van der Waals surface area contributed by atoms with Crippen LogP contribution >= 0.6 is 0 Å². The molecule has 0 radical (unpaired) electrons. The average Bonchev–Trinajstić information content (AvgIpc) is 3.25. The van der Waals surface area contributed by atoms with Gasteiger partial charge in [-0.05, 0) is 46.7 Å². The number of rotatable bonds is 6. The van der Waals surface area contributed by atoms with Gasteiger partial charge in [-0.25, -0.2) is 0 Å². The maximum atomic E-state index is 12.6. The Labute approximate surface area is 163 Å². The molecular weight excluding hydrogens is 348 g/mol. The smallest absolute Gasteiger partial charge is 0.185 e. The fourth-order valence-corrected chi connectivity index (χ4v) is 3.20. The van der Waals surface area contributed by atoms with Gasteiger partial charge in [-0.1, -0.05) is 48.5 Å². The largest absolute Gasteiger partial charge is 0.496 e. The third-order valence-electron chi connectivity index (χ3n) is 4.66. The number of carbonyl (C=O) groups excluding carboxylic acids is 1. The average molecular weight is 368 g/mol. The molecule has 1 heterocycles. The summed E-state index contributed by atoms with van der Waals surface area (Å²) >= 11 is 0. The molecule has 0 aliphatic rings. The summed E-state index contributed by atoms with van der Waals surface area (Å²) in [4.78, 5) is 12.6. The van der Waals surface area contributed by atoms with Gasteiger partial charge in [0.2, 0.25) is 0 Å². The summed E-state index contributed by atoms with van der Waals surface area (Å²) in [5.41, 5.74) is 2.63. The zero-order chi connectivity index (χ0) is 19.3. The number of hydrogen-bond acceptors (Lipinski definition) is 3. The third kappa shape index (κ3) is 3.86. The standard InChI is InChI=1S/C24H20N2O2/c1-28-24-12-8-18(15-22(24)17-26-14-4-13-25-26)7-11-23(27)21-10-9-19-5-2-3-6-20(19)16-21/h2-16H,17H2,1H3/b11-7+. The van der Waals surface area contributed by atoms with Crippen LogP contribution in [0.2, 0.25) is 0 Å². The SMILES string of the molecule is COc1ccc(/C=C/C(=O)c2ccc3ccccc3c2)cc1Cn1cccn1. The summed E-state index contributed by atoms with van der Waals surface area (Å²) in [5, 5.41) is 6.43. The second-order valence-electron chi connectivity index (χ2n) is 6.53. The Morgan fingerprint density at radius 3 is 2.68 bits per heavy atom. The second kappa shape index (κ2) is 7.92. The quantitative estimate of drug-likeness (QED) is 0.356. The minimum absolute atomic E-state index is 0.0183. The fourth-order valence-electron chi connectivity index (χ4n) is 3.20. The van der Waals surface area contributed by atoms with Crippen LogP contribution in [0.4, 0.5) is 0 Å². The van der Waals surface area contributed by atoms with Gasteiger partial charge < -0.3 is 4.74 Å².